The third-order valence-corrected chi connectivity index (χ3v) is 7.50. The molecule has 2 aromatic carbocycles. The summed E-state index contributed by atoms with van der Waals surface area (Å²) in [6.07, 6.45) is 4.75. The Bertz CT molecular complexity index is 1090. The molecular weight excluding hydrogens is 378 g/mol. The number of rotatable bonds is 2. The molecule has 0 saturated carbocycles. The molecule has 6 rings (SSSR count). The lowest BCUT2D eigenvalue weighted by Gasteiger charge is -2.38. The molecule has 146 valence electrons. The molecule has 3 aromatic rings. The highest BCUT2D eigenvalue weighted by Gasteiger charge is 2.40. The summed E-state index contributed by atoms with van der Waals surface area (Å²) in [6.45, 7) is 1.08. The van der Waals surface area contributed by atoms with Gasteiger partial charge in [0.2, 0.25) is 0 Å². The quantitative estimate of drug-likeness (QED) is 0.435. The molecule has 0 aliphatic carbocycles. The second kappa shape index (κ2) is 6.75. The fourth-order valence-electron chi connectivity index (χ4n) is 5.38. The molecule has 4 heteroatoms. The maximum absolute atomic E-state index is 10.4. The third kappa shape index (κ3) is 2.82. The highest BCUT2D eigenvalue weighted by molar-refractivity contribution is 7.09. The van der Waals surface area contributed by atoms with Crippen molar-refractivity contribution in [1.29, 1.82) is 0 Å². The van der Waals surface area contributed by atoms with E-state index < -0.39 is 0 Å². The Morgan fingerprint density at radius 1 is 0.931 bits per heavy atom. The van der Waals surface area contributed by atoms with Crippen LogP contribution in [0.25, 0.3) is 5.57 Å². The number of para-hydroxylation sites is 2. The molecule has 3 nitrogen and oxygen atoms in total. The summed E-state index contributed by atoms with van der Waals surface area (Å²) < 4.78 is 6.10. The molecule has 0 radical (unpaired) electrons. The molecule has 4 heterocycles. The Morgan fingerprint density at radius 2 is 1.72 bits per heavy atom. The van der Waals surface area contributed by atoms with Gasteiger partial charge in [-0.25, -0.2) is 0 Å². The molecule has 3 aliphatic heterocycles. The minimum absolute atomic E-state index is 0.216. The molecular formula is C25H23NO2S. The SMILES string of the molecule is Oc1cccc2c1Oc1ccccc1C2=C1CC2CCC(C1)N2Cc1cccs1. The van der Waals surface area contributed by atoms with E-state index in [0.29, 0.717) is 17.8 Å². The van der Waals surface area contributed by atoms with Gasteiger partial charge in [-0.05, 0) is 54.8 Å². The van der Waals surface area contributed by atoms with Crippen LogP contribution in [0.4, 0.5) is 0 Å². The van der Waals surface area contributed by atoms with Crippen LogP contribution in [0.15, 0.2) is 65.6 Å². The van der Waals surface area contributed by atoms with Gasteiger partial charge < -0.3 is 9.84 Å². The lowest BCUT2D eigenvalue weighted by Crippen LogP contribution is -2.40. The third-order valence-electron chi connectivity index (χ3n) is 6.64. The number of phenols is 1. The topological polar surface area (TPSA) is 32.7 Å². The Hall–Kier alpha value is -2.56. The number of piperidine rings is 1. The van der Waals surface area contributed by atoms with Crippen molar-refractivity contribution >= 4 is 16.9 Å². The number of nitrogens with zero attached hydrogens (tertiary/aromatic N) is 1. The van der Waals surface area contributed by atoms with E-state index in [1.807, 2.05) is 29.5 Å². The van der Waals surface area contributed by atoms with E-state index in [1.54, 1.807) is 6.07 Å². The van der Waals surface area contributed by atoms with E-state index in [-0.39, 0.29) is 5.75 Å². The average molecular weight is 402 g/mol. The van der Waals surface area contributed by atoms with Crippen LogP contribution < -0.4 is 4.74 Å². The Kier molecular flexibility index (Phi) is 4.03. The van der Waals surface area contributed by atoms with Crippen LogP contribution in [0.1, 0.15) is 41.7 Å². The first-order chi connectivity index (χ1) is 14.3. The van der Waals surface area contributed by atoms with Gasteiger partial charge in [0.25, 0.3) is 0 Å². The molecule has 0 spiro atoms. The van der Waals surface area contributed by atoms with Gasteiger partial charge in [-0.2, -0.15) is 0 Å². The van der Waals surface area contributed by atoms with Gasteiger partial charge in [-0.15, -0.1) is 11.3 Å². The van der Waals surface area contributed by atoms with Crippen molar-refractivity contribution in [2.24, 2.45) is 0 Å². The van der Waals surface area contributed by atoms with Crippen molar-refractivity contribution in [3.8, 4) is 17.2 Å². The summed E-state index contributed by atoms with van der Waals surface area (Å²) in [7, 11) is 0. The molecule has 2 bridgehead atoms. The van der Waals surface area contributed by atoms with Crippen LogP contribution in [0.3, 0.4) is 0 Å². The normalized spacial score (nSPS) is 22.9. The van der Waals surface area contributed by atoms with Gasteiger partial charge >= 0.3 is 0 Å². The first kappa shape index (κ1) is 17.3. The van der Waals surface area contributed by atoms with Gasteiger partial charge in [-0.1, -0.05) is 42.0 Å². The molecule has 1 aromatic heterocycles. The smallest absolute Gasteiger partial charge is 0.176 e. The first-order valence-corrected chi connectivity index (χ1v) is 11.3. The largest absolute Gasteiger partial charge is 0.504 e. The lowest BCUT2D eigenvalue weighted by molar-refractivity contribution is 0.159. The fourth-order valence-corrected chi connectivity index (χ4v) is 6.09. The van der Waals surface area contributed by atoms with Crippen LogP contribution in [0, 0.1) is 0 Å². The van der Waals surface area contributed by atoms with Gasteiger partial charge in [0.05, 0.1) is 0 Å². The highest BCUT2D eigenvalue weighted by Crippen LogP contribution is 2.51. The zero-order valence-electron chi connectivity index (χ0n) is 16.2. The van der Waals surface area contributed by atoms with Crippen molar-refractivity contribution in [1.82, 2.24) is 4.90 Å². The van der Waals surface area contributed by atoms with Crippen LogP contribution in [0.5, 0.6) is 17.2 Å². The Labute approximate surface area is 174 Å². The molecule has 2 unspecified atom stereocenters. The number of benzene rings is 2. The fraction of sp³-hybridized carbons (Fsp3) is 0.280. The summed E-state index contributed by atoms with van der Waals surface area (Å²) in [5.74, 6) is 1.66. The minimum Gasteiger partial charge on any atom is -0.504 e. The van der Waals surface area contributed by atoms with E-state index in [1.165, 1.54) is 28.9 Å². The summed E-state index contributed by atoms with van der Waals surface area (Å²) >= 11 is 1.86. The predicted molar refractivity (Wildman–Crippen MR) is 117 cm³/mol. The summed E-state index contributed by atoms with van der Waals surface area (Å²) in [5, 5.41) is 12.6. The number of hydrogen-bond donors (Lipinski definition) is 1. The maximum Gasteiger partial charge on any atom is 0.176 e. The number of aromatic hydroxyl groups is 1. The van der Waals surface area contributed by atoms with Crippen LogP contribution in [0.2, 0.25) is 0 Å². The molecule has 2 atom stereocenters. The van der Waals surface area contributed by atoms with Crippen molar-refractivity contribution in [3.05, 3.63) is 81.6 Å². The van der Waals surface area contributed by atoms with Crippen molar-refractivity contribution < 1.29 is 9.84 Å². The second-order valence-corrected chi connectivity index (χ2v) is 9.31. The monoisotopic (exact) mass is 401 g/mol. The molecule has 29 heavy (non-hydrogen) atoms. The number of thiophene rings is 1. The van der Waals surface area contributed by atoms with Crippen LogP contribution in [-0.2, 0) is 6.54 Å². The minimum atomic E-state index is 0.216. The van der Waals surface area contributed by atoms with E-state index >= 15 is 0 Å². The van der Waals surface area contributed by atoms with E-state index in [9.17, 15) is 5.11 Å². The first-order valence-electron chi connectivity index (χ1n) is 10.4. The summed E-state index contributed by atoms with van der Waals surface area (Å²) in [6, 6.07) is 19.6. The second-order valence-electron chi connectivity index (χ2n) is 8.28. The molecule has 2 fully saturated rings. The van der Waals surface area contributed by atoms with Crippen molar-refractivity contribution in [3.63, 3.8) is 0 Å². The van der Waals surface area contributed by atoms with Crippen molar-refractivity contribution in [2.45, 2.75) is 44.3 Å². The average Bonchev–Trinajstić information content (AvgIpc) is 3.32. The van der Waals surface area contributed by atoms with E-state index in [4.69, 9.17) is 4.74 Å². The summed E-state index contributed by atoms with van der Waals surface area (Å²) in [4.78, 5) is 4.19. The van der Waals surface area contributed by atoms with Gasteiger partial charge in [0, 0.05) is 34.6 Å². The van der Waals surface area contributed by atoms with Gasteiger partial charge in [-0.3, -0.25) is 4.90 Å². The maximum atomic E-state index is 10.4. The molecule has 3 aliphatic rings. The molecule has 2 saturated heterocycles. The number of hydrogen-bond acceptors (Lipinski definition) is 4. The van der Waals surface area contributed by atoms with Gasteiger partial charge in [0.1, 0.15) is 5.75 Å². The highest BCUT2D eigenvalue weighted by atomic mass is 32.1. The molecule has 1 N–H and O–H groups in total. The lowest BCUT2D eigenvalue weighted by atomic mass is 9.84. The zero-order valence-corrected chi connectivity index (χ0v) is 17.0. The number of ether oxygens (including phenoxy) is 1. The van der Waals surface area contributed by atoms with E-state index in [0.717, 1.165) is 36.3 Å². The van der Waals surface area contributed by atoms with E-state index in [2.05, 4.69) is 40.6 Å². The Balaban J connectivity index is 1.43. The van der Waals surface area contributed by atoms with Crippen LogP contribution in [-0.4, -0.2) is 22.1 Å². The Morgan fingerprint density at radius 3 is 2.52 bits per heavy atom. The number of phenolic OH excluding ortho intramolecular Hbond substituents is 1. The number of fused-ring (bicyclic) bond motifs is 4. The zero-order chi connectivity index (χ0) is 19.4. The molecule has 0 amide bonds. The van der Waals surface area contributed by atoms with Crippen LogP contribution >= 0.6 is 11.3 Å². The summed E-state index contributed by atoms with van der Waals surface area (Å²) in [5.41, 5.74) is 4.99. The standard InChI is InChI=1S/C25H23NO2S/c27-22-8-3-7-21-24(20-6-1-2-9-23(20)28-25(21)22)16-13-17-10-11-18(14-16)26(17)15-19-5-4-12-29-19/h1-9,12,17-18,27H,10-11,13-15H2. The van der Waals surface area contributed by atoms with Gasteiger partial charge in [0.15, 0.2) is 11.5 Å². The predicted octanol–water partition coefficient (Wildman–Crippen LogP) is 6.19. The van der Waals surface area contributed by atoms with Crippen molar-refractivity contribution in [2.75, 3.05) is 0 Å².